The molecule has 0 spiro atoms. The highest BCUT2D eigenvalue weighted by Gasteiger charge is 2.31. The third-order valence-corrected chi connectivity index (χ3v) is 8.44. The van der Waals surface area contributed by atoms with Crippen LogP contribution >= 0.6 is 11.6 Å². The summed E-state index contributed by atoms with van der Waals surface area (Å²) in [7, 11) is -2.05. The van der Waals surface area contributed by atoms with E-state index in [1.807, 2.05) is 68.4 Å². The zero-order valence-corrected chi connectivity index (χ0v) is 26.2. The number of carbonyl (C=O) groups excluding carboxylic acids is 2. The lowest BCUT2D eigenvalue weighted by atomic mass is 10.0. The lowest BCUT2D eigenvalue weighted by molar-refractivity contribution is -0.141. The smallest absolute Gasteiger partial charge is 0.243 e. The maximum atomic E-state index is 13.9. The molecule has 42 heavy (non-hydrogen) atoms. The Labute approximate surface area is 254 Å². The van der Waals surface area contributed by atoms with Crippen molar-refractivity contribution in [1.29, 1.82) is 0 Å². The highest BCUT2D eigenvalue weighted by molar-refractivity contribution is 7.92. The molecule has 0 aliphatic heterocycles. The number of carbonyl (C=O) groups is 2. The summed E-state index contributed by atoms with van der Waals surface area (Å²) in [5, 5.41) is 3.47. The number of anilines is 1. The van der Waals surface area contributed by atoms with Crippen molar-refractivity contribution in [3.05, 3.63) is 95.0 Å². The molecule has 1 N–H and O–H groups in total. The van der Waals surface area contributed by atoms with Gasteiger partial charge in [0.2, 0.25) is 21.8 Å². The standard InChI is InChI=1S/C32H40ClN3O5S/c1-5-24(2)34-32(38)30(21-25-12-7-6-8-13-25)35(23-26-14-9-17-29(20-26)41-3)31(37)18-11-19-36(42(4,39)40)28-16-10-15-27(33)22-28/h6-10,12-17,20,22,24,30H,5,11,18-19,21,23H2,1-4H3,(H,34,38)/t24-,30-/m1/s1. The van der Waals surface area contributed by atoms with Crippen molar-refractivity contribution in [2.24, 2.45) is 0 Å². The van der Waals surface area contributed by atoms with Gasteiger partial charge >= 0.3 is 0 Å². The molecule has 226 valence electrons. The predicted octanol–water partition coefficient (Wildman–Crippen LogP) is 5.45. The van der Waals surface area contributed by atoms with E-state index in [0.717, 1.165) is 23.8 Å². The Kier molecular flexibility index (Phi) is 12.2. The quantitative estimate of drug-likeness (QED) is 0.246. The van der Waals surface area contributed by atoms with Gasteiger partial charge in [0.15, 0.2) is 0 Å². The summed E-state index contributed by atoms with van der Waals surface area (Å²) in [5.74, 6) is 0.160. The number of hydrogen-bond donors (Lipinski definition) is 1. The molecule has 10 heteroatoms. The Bertz CT molecular complexity index is 1430. The molecule has 0 bridgehead atoms. The molecule has 0 saturated heterocycles. The van der Waals surface area contributed by atoms with E-state index in [0.29, 0.717) is 22.9 Å². The number of amides is 2. The van der Waals surface area contributed by atoms with E-state index in [-0.39, 0.29) is 43.8 Å². The number of nitrogens with zero attached hydrogens (tertiary/aromatic N) is 2. The molecule has 0 aromatic heterocycles. The van der Waals surface area contributed by atoms with Gasteiger partial charge < -0.3 is 15.0 Å². The van der Waals surface area contributed by atoms with Gasteiger partial charge in [-0.05, 0) is 61.2 Å². The third kappa shape index (κ3) is 9.77. The second kappa shape index (κ2) is 15.6. The first-order valence-electron chi connectivity index (χ1n) is 14.0. The molecular formula is C32H40ClN3O5S. The van der Waals surface area contributed by atoms with Gasteiger partial charge in [0.25, 0.3) is 0 Å². The van der Waals surface area contributed by atoms with Gasteiger partial charge in [-0.3, -0.25) is 13.9 Å². The number of benzene rings is 3. The predicted molar refractivity (Wildman–Crippen MR) is 168 cm³/mol. The van der Waals surface area contributed by atoms with Crippen LogP contribution in [0.5, 0.6) is 5.75 Å². The fourth-order valence-corrected chi connectivity index (χ4v) is 5.74. The minimum atomic E-state index is -3.62. The molecule has 3 aromatic carbocycles. The Morgan fingerprint density at radius 1 is 0.976 bits per heavy atom. The molecule has 3 rings (SSSR count). The second-order valence-electron chi connectivity index (χ2n) is 10.3. The van der Waals surface area contributed by atoms with Gasteiger partial charge in [-0.2, -0.15) is 0 Å². The Balaban J connectivity index is 1.91. The van der Waals surface area contributed by atoms with Crippen molar-refractivity contribution < 1.29 is 22.7 Å². The van der Waals surface area contributed by atoms with Crippen LogP contribution < -0.4 is 14.4 Å². The molecule has 0 fully saturated rings. The van der Waals surface area contributed by atoms with Gasteiger partial charge in [0.05, 0.1) is 19.1 Å². The summed E-state index contributed by atoms with van der Waals surface area (Å²) in [6, 6.07) is 22.7. The number of methoxy groups -OCH3 is 1. The maximum Gasteiger partial charge on any atom is 0.243 e. The molecule has 2 amide bonds. The average molecular weight is 614 g/mol. The third-order valence-electron chi connectivity index (χ3n) is 7.01. The highest BCUT2D eigenvalue weighted by atomic mass is 35.5. The van der Waals surface area contributed by atoms with Crippen molar-refractivity contribution in [3.63, 3.8) is 0 Å². The maximum absolute atomic E-state index is 13.9. The fraction of sp³-hybridized carbons (Fsp3) is 0.375. The van der Waals surface area contributed by atoms with Crippen molar-refractivity contribution in [1.82, 2.24) is 10.2 Å². The van der Waals surface area contributed by atoms with E-state index in [2.05, 4.69) is 5.32 Å². The zero-order valence-electron chi connectivity index (χ0n) is 24.6. The first-order chi connectivity index (χ1) is 20.0. The molecule has 0 radical (unpaired) electrons. The highest BCUT2D eigenvalue weighted by Crippen LogP contribution is 2.23. The van der Waals surface area contributed by atoms with E-state index in [1.54, 1.807) is 36.3 Å². The summed E-state index contributed by atoms with van der Waals surface area (Å²) in [5.41, 5.74) is 2.17. The molecule has 0 saturated carbocycles. The van der Waals surface area contributed by atoms with Crippen LogP contribution in [-0.2, 0) is 32.6 Å². The van der Waals surface area contributed by atoms with Gasteiger partial charge in [-0.1, -0.05) is 67.1 Å². The van der Waals surface area contributed by atoms with E-state index < -0.39 is 16.1 Å². The molecule has 0 aliphatic carbocycles. The number of ether oxygens (including phenoxy) is 1. The number of halogens is 1. The topological polar surface area (TPSA) is 96.0 Å². The number of sulfonamides is 1. The number of rotatable bonds is 15. The summed E-state index contributed by atoms with van der Waals surface area (Å²) in [4.78, 5) is 29.2. The van der Waals surface area contributed by atoms with Crippen LogP contribution in [0.15, 0.2) is 78.9 Å². The fourth-order valence-electron chi connectivity index (χ4n) is 4.60. The van der Waals surface area contributed by atoms with Crippen LogP contribution in [0.3, 0.4) is 0 Å². The second-order valence-corrected chi connectivity index (χ2v) is 12.7. The summed E-state index contributed by atoms with van der Waals surface area (Å²) in [6.07, 6.45) is 2.49. The van der Waals surface area contributed by atoms with Crippen molar-refractivity contribution in [2.75, 3.05) is 24.2 Å². The van der Waals surface area contributed by atoms with Crippen LogP contribution in [0.25, 0.3) is 0 Å². The number of nitrogens with one attached hydrogen (secondary N) is 1. The largest absolute Gasteiger partial charge is 0.497 e. The minimum absolute atomic E-state index is 0.0401. The molecule has 2 atom stereocenters. The summed E-state index contributed by atoms with van der Waals surface area (Å²) in [6.45, 7) is 4.19. The van der Waals surface area contributed by atoms with Crippen molar-refractivity contribution >= 4 is 39.1 Å². The van der Waals surface area contributed by atoms with E-state index in [4.69, 9.17) is 16.3 Å². The molecule has 0 aliphatic rings. The summed E-state index contributed by atoms with van der Waals surface area (Å²) >= 11 is 6.11. The zero-order chi connectivity index (χ0) is 30.7. The SMILES string of the molecule is CC[C@@H](C)NC(=O)[C@@H](Cc1ccccc1)N(Cc1cccc(OC)c1)C(=O)CCCN(c1cccc(Cl)c1)S(C)(=O)=O. The first kappa shape index (κ1) is 32.9. The molecule has 0 heterocycles. The monoisotopic (exact) mass is 613 g/mol. The van der Waals surface area contributed by atoms with E-state index in [1.165, 1.54) is 4.31 Å². The van der Waals surface area contributed by atoms with Gasteiger partial charge in [0.1, 0.15) is 11.8 Å². The molecule has 8 nitrogen and oxygen atoms in total. The van der Waals surface area contributed by atoms with E-state index in [9.17, 15) is 18.0 Å². The van der Waals surface area contributed by atoms with Crippen molar-refractivity contribution in [2.45, 2.75) is 58.2 Å². The Morgan fingerprint density at radius 3 is 2.31 bits per heavy atom. The van der Waals surface area contributed by atoms with Crippen LogP contribution in [-0.4, -0.2) is 57.1 Å². The normalized spacial score (nSPS) is 12.7. The average Bonchev–Trinajstić information content (AvgIpc) is 2.96. The lowest BCUT2D eigenvalue weighted by Crippen LogP contribution is -2.52. The van der Waals surface area contributed by atoms with Gasteiger partial charge in [-0.15, -0.1) is 0 Å². The molecular weight excluding hydrogens is 574 g/mol. The van der Waals surface area contributed by atoms with Crippen LogP contribution in [0, 0.1) is 0 Å². The van der Waals surface area contributed by atoms with Crippen molar-refractivity contribution in [3.8, 4) is 5.75 Å². The van der Waals surface area contributed by atoms with Crippen LogP contribution in [0.4, 0.5) is 5.69 Å². The molecule has 3 aromatic rings. The van der Waals surface area contributed by atoms with Crippen LogP contribution in [0.1, 0.15) is 44.2 Å². The van der Waals surface area contributed by atoms with E-state index >= 15 is 0 Å². The molecule has 0 unspecified atom stereocenters. The lowest BCUT2D eigenvalue weighted by Gasteiger charge is -2.33. The van der Waals surface area contributed by atoms with Gasteiger partial charge in [-0.25, -0.2) is 8.42 Å². The first-order valence-corrected chi connectivity index (χ1v) is 16.2. The minimum Gasteiger partial charge on any atom is -0.497 e. The van der Waals surface area contributed by atoms with Gasteiger partial charge in [0, 0.05) is 37.0 Å². The Hall–Kier alpha value is -3.56. The van der Waals surface area contributed by atoms with Crippen LogP contribution in [0.2, 0.25) is 5.02 Å². The summed E-state index contributed by atoms with van der Waals surface area (Å²) < 4.78 is 31.9. The number of hydrogen-bond acceptors (Lipinski definition) is 5. The Morgan fingerprint density at radius 2 is 1.67 bits per heavy atom.